The largest absolute Gasteiger partial charge is 0.370 e. The second kappa shape index (κ2) is 5.87. The van der Waals surface area contributed by atoms with E-state index in [0.29, 0.717) is 6.04 Å². The summed E-state index contributed by atoms with van der Waals surface area (Å²) in [6, 6.07) is 2.56. The van der Waals surface area contributed by atoms with E-state index in [4.69, 9.17) is 5.10 Å². The van der Waals surface area contributed by atoms with E-state index in [-0.39, 0.29) is 0 Å². The van der Waals surface area contributed by atoms with Crippen LogP contribution in [0.1, 0.15) is 45.3 Å². The Hall–Kier alpha value is -1.84. The van der Waals surface area contributed by atoms with Crippen molar-refractivity contribution in [2.75, 3.05) is 11.9 Å². The number of aliphatic imine (C=N–C) groups is 1. The summed E-state index contributed by atoms with van der Waals surface area (Å²) >= 11 is 0. The van der Waals surface area contributed by atoms with Crippen molar-refractivity contribution in [3.05, 3.63) is 29.6 Å². The number of allylic oxidation sites excluding steroid dienone is 3. The summed E-state index contributed by atoms with van der Waals surface area (Å²) < 4.78 is 2.07. The highest BCUT2D eigenvalue weighted by molar-refractivity contribution is 5.67. The van der Waals surface area contributed by atoms with E-state index in [1.807, 2.05) is 6.20 Å². The van der Waals surface area contributed by atoms with E-state index in [1.54, 1.807) is 0 Å². The van der Waals surface area contributed by atoms with Crippen LogP contribution in [-0.4, -0.2) is 23.0 Å². The molecule has 102 valence electrons. The van der Waals surface area contributed by atoms with Gasteiger partial charge in [-0.25, -0.2) is 4.68 Å². The first-order valence-corrected chi connectivity index (χ1v) is 6.76. The van der Waals surface area contributed by atoms with Gasteiger partial charge < -0.3 is 5.32 Å². The molecule has 0 bridgehead atoms. The van der Waals surface area contributed by atoms with Crippen molar-refractivity contribution >= 4 is 18.1 Å². The van der Waals surface area contributed by atoms with Crippen LogP contribution in [0.5, 0.6) is 0 Å². The predicted octanol–water partition coefficient (Wildman–Crippen LogP) is 3.66. The average molecular weight is 258 g/mol. The monoisotopic (exact) mass is 258 g/mol. The molecule has 4 nitrogen and oxygen atoms in total. The maximum absolute atomic E-state index is 4.71. The van der Waals surface area contributed by atoms with Crippen LogP contribution in [0.4, 0.5) is 5.82 Å². The van der Waals surface area contributed by atoms with Gasteiger partial charge in [-0.1, -0.05) is 11.6 Å². The lowest BCUT2D eigenvalue weighted by atomic mass is 10.0. The number of rotatable bonds is 4. The van der Waals surface area contributed by atoms with Gasteiger partial charge in [0.15, 0.2) is 0 Å². The average Bonchev–Trinajstić information content (AvgIpc) is 2.83. The van der Waals surface area contributed by atoms with Gasteiger partial charge in [-0.15, -0.1) is 0 Å². The first-order valence-electron chi connectivity index (χ1n) is 6.76. The smallest absolute Gasteiger partial charge is 0.125 e. The van der Waals surface area contributed by atoms with Crippen molar-refractivity contribution in [1.82, 2.24) is 9.78 Å². The second-order valence-corrected chi connectivity index (χ2v) is 5.07. The summed E-state index contributed by atoms with van der Waals surface area (Å²) in [5.74, 6) is 1.10. The standard InChI is InChI=1S/C15H22N4/c1-5-11(2)8-13(10-16-4)14-9-15-17-7-6-12(3)19(15)18-14/h5,9-10,12,17H,4,6-8H2,1-3H3/b11-5-,13-10+. The van der Waals surface area contributed by atoms with E-state index >= 15 is 0 Å². The molecule has 0 amide bonds. The third-order valence-corrected chi connectivity index (χ3v) is 3.56. The highest BCUT2D eigenvalue weighted by atomic mass is 15.4. The number of anilines is 1. The molecule has 1 aromatic rings. The molecule has 0 saturated heterocycles. The maximum Gasteiger partial charge on any atom is 0.125 e. The molecule has 0 aliphatic carbocycles. The number of nitrogens with zero attached hydrogens (tertiary/aromatic N) is 3. The summed E-state index contributed by atoms with van der Waals surface area (Å²) in [6.45, 7) is 10.9. The van der Waals surface area contributed by atoms with Crippen molar-refractivity contribution in [2.45, 2.75) is 39.7 Å². The van der Waals surface area contributed by atoms with E-state index in [9.17, 15) is 0 Å². The van der Waals surface area contributed by atoms with Crippen molar-refractivity contribution in [3.8, 4) is 0 Å². The summed E-state index contributed by atoms with van der Waals surface area (Å²) in [7, 11) is 0. The minimum absolute atomic E-state index is 0.450. The van der Waals surface area contributed by atoms with E-state index in [2.05, 4.69) is 54.6 Å². The fourth-order valence-corrected chi connectivity index (χ4v) is 2.27. The zero-order chi connectivity index (χ0) is 13.8. The zero-order valence-electron chi connectivity index (χ0n) is 12.0. The minimum atomic E-state index is 0.450. The number of hydrogen-bond donors (Lipinski definition) is 1. The van der Waals surface area contributed by atoms with Crippen LogP contribution in [0.25, 0.3) is 5.57 Å². The summed E-state index contributed by atoms with van der Waals surface area (Å²) in [6.07, 6.45) is 5.90. The molecule has 0 aromatic carbocycles. The first-order chi connectivity index (χ1) is 9.15. The highest BCUT2D eigenvalue weighted by Crippen LogP contribution is 2.29. The fraction of sp³-hybridized carbons (Fsp3) is 0.467. The fourth-order valence-electron chi connectivity index (χ4n) is 2.27. The Kier molecular flexibility index (Phi) is 4.20. The van der Waals surface area contributed by atoms with Crippen LogP contribution in [-0.2, 0) is 0 Å². The van der Waals surface area contributed by atoms with E-state index in [1.165, 1.54) is 5.57 Å². The third kappa shape index (κ3) is 2.95. The number of nitrogens with one attached hydrogen (secondary N) is 1. The normalized spacial score (nSPS) is 19.8. The summed E-state index contributed by atoms with van der Waals surface area (Å²) in [4.78, 5) is 3.92. The van der Waals surface area contributed by atoms with Crippen LogP contribution in [0, 0.1) is 0 Å². The Labute approximate surface area is 114 Å². The molecular formula is C15H22N4. The molecule has 4 heteroatoms. The lowest BCUT2D eigenvalue weighted by molar-refractivity contribution is 0.452. The molecule has 0 spiro atoms. The molecule has 19 heavy (non-hydrogen) atoms. The number of fused-ring (bicyclic) bond motifs is 1. The molecule has 0 fully saturated rings. The SMILES string of the molecule is C=N/C=C(\C/C(C)=C\C)c1cc2n(n1)C(C)CCN2. The molecule has 1 aromatic heterocycles. The van der Waals surface area contributed by atoms with Gasteiger partial charge in [-0.3, -0.25) is 4.99 Å². The summed E-state index contributed by atoms with van der Waals surface area (Å²) in [5, 5.41) is 8.10. The molecule has 2 rings (SSSR count). The van der Waals surface area contributed by atoms with Crippen LogP contribution in [0.15, 0.2) is 28.9 Å². The van der Waals surface area contributed by atoms with Gasteiger partial charge in [-0.05, 0) is 40.3 Å². The van der Waals surface area contributed by atoms with E-state index in [0.717, 1.165) is 36.5 Å². The van der Waals surface area contributed by atoms with Crippen molar-refractivity contribution in [1.29, 1.82) is 0 Å². The molecule has 1 aliphatic rings. The molecule has 1 N–H and O–H groups in total. The lowest BCUT2D eigenvalue weighted by Crippen LogP contribution is -2.21. The molecule has 1 atom stereocenters. The van der Waals surface area contributed by atoms with Gasteiger partial charge in [0.2, 0.25) is 0 Å². The first kappa shape index (κ1) is 13.6. The highest BCUT2D eigenvalue weighted by Gasteiger charge is 2.19. The Morgan fingerprint density at radius 2 is 2.47 bits per heavy atom. The molecule has 0 radical (unpaired) electrons. The van der Waals surface area contributed by atoms with Crippen molar-refractivity contribution < 1.29 is 0 Å². The molecule has 2 heterocycles. The van der Waals surface area contributed by atoms with Crippen molar-refractivity contribution in [3.63, 3.8) is 0 Å². The Balaban J connectivity index is 2.33. The Bertz CT molecular complexity index is 522. The van der Waals surface area contributed by atoms with Crippen LogP contribution in [0.3, 0.4) is 0 Å². The lowest BCUT2D eigenvalue weighted by Gasteiger charge is -2.21. The molecular weight excluding hydrogens is 236 g/mol. The molecule has 0 saturated carbocycles. The van der Waals surface area contributed by atoms with Gasteiger partial charge in [0.1, 0.15) is 5.82 Å². The van der Waals surface area contributed by atoms with Crippen molar-refractivity contribution in [2.24, 2.45) is 4.99 Å². The van der Waals surface area contributed by atoms with Crippen LogP contribution >= 0.6 is 0 Å². The van der Waals surface area contributed by atoms with E-state index < -0.39 is 0 Å². The van der Waals surface area contributed by atoms with Gasteiger partial charge in [0.25, 0.3) is 0 Å². The predicted molar refractivity (Wildman–Crippen MR) is 81.6 cm³/mol. The number of aromatic nitrogens is 2. The quantitative estimate of drug-likeness (QED) is 0.661. The number of hydrogen-bond acceptors (Lipinski definition) is 3. The molecule has 1 unspecified atom stereocenters. The maximum atomic E-state index is 4.71. The van der Waals surface area contributed by atoms with Gasteiger partial charge >= 0.3 is 0 Å². The molecule has 1 aliphatic heterocycles. The topological polar surface area (TPSA) is 42.2 Å². The van der Waals surface area contributed by atoms with Gasteiger partial charge in [0.05, 0.1) is 11.7 Å². The Morgan fingerprint density at radius 3 is 3.11 bits per heavy atom. The van der Waals surface area contributed by atoms with Gasteiger partial charge in [0, 0.05) is 24.4 Å². The Morgan fingerprint density at radius 1 is 1.68 bits per heavy atom. The van der Waals surface area contributed by atoms with Crippen LogP contribution in [0.2, 0.25) is 0 Å². The summed E-state index contributed by atoms with van der Waals surface area (Å²) in [5.41, 5.74) is 3.41. The van der Waals surface area contributed by atoms with Gasteiger partial charge in [-0.2, -0.15) is 5.10 Å². The third-order valence-electron chi connectivity index (χ3n) is 3.56. The van der Waals surface area contributed by atoms with Crippen LogP contribution < -0.4 is 5.32 Å². The zero-order valence-corrected chi connectivity index (χ0v) is 12.0. The minimum Gasteiger partial charge on any atom is -0.370 e. The second-order valence-electron chi connectivity index (χ2n) is 5.07.